The van der Waals surface area contributed by atoms with Crippen LogP contribution in [-0.4, -0.2) is 23.6 Å². The van der Waals surface area contributed by atoms with Gasteiger partial charge in [0, 0.05) is 12.0 Å². The number of alkyl halides is 1. The number of carbonyl (C=O) groups is 1. The van der Waals surface area contributed by atoms with Crippen molar-refractivity contribution in [2.75, 3.05) is 0 Å². The molecule has 0 aliphatic carbocycles. The summed E-state index contributed by atoms with van der Waals surface area (Å²) in [6.07, 6.45) is 0.0438. The van der Waals surface area contributed by atoms with Gasteiger partial charge in [-0.1, -0.05) is 18.2 Å². The molecule has 4 heteroatoms. The number of esters is 1. The van der Waals surface area contributed by atoms with Crippen molar-refractivity contribution in [2.24, 2.45) is 4.99 Å². The second-order valence-electron chi connectivity index (χ2n) is 4.66. The van der Waals surface area contributed by atoms with Gasteiger partial charge in [-0.25, -0.2) is 14.2 Å². The lowest BCUT2D eigenvalue weighted by Gasteiger charge is -2.14. The predicted octanol–water partition coefficient (Wildman–Crippen LogP) is 2.50. The van der Waals surface area contributed by atoms with Gasteiger partial charge in [0.1, 0.15) is 5.67 Å². The van der Waals surface area contributed by atoms with Gasteiger partial charge in [-0.15, -0.1) is 0 Å². The van der Waals surface area contributed by atoms with Crippen LogP contribution in [0.3, 0.4) is 0 Å². The van der Waals surface area contributed by atoms with Gasteiger partial charge in [-0.3, -0.25) is 0 Å². The van der Waals surface area contributed by atoms with E-state index in [1.807, 2.05) is 18.2 Å². The number of carbonyl (C=O) groups excluding carboxylic acids is 1. The lowest BCUT2D eigenvalue weighted by atomic mass is 10.0. The SMILES string of the molecule is CC(C)(F)CC1N=C(c2ccccc2)OC1=O. The smallest absolute Gasteiger partial charge is 0.337 e. The third kappa shape index (κ3) is 2.90. The average Bonchev–Trinajstić information content (AvgIpc) is 2.59. The highest BCUT2D eigenvalue weighted by molar-refractivity contribution is 6.06. The number of halogens is 1. The number of cyclic esters (lactones) is 1. The molecule has 1 aliphatic rings. The van der Waals surface area contributed by atoms with Crippen LogP contribution in [0.1, 0.15) is 25.8 Å². The predicted molar refractivity (Wildman–Crippen MR) is 62.7 cm³/mol. The molecule has 0 saturated carbocycles. The van der Waals surface area contributed by atoms with Crippen molar-refractivity contribution in [1.29, 1.82) is 0 Å². The summed E-state index contributed by atoms with van der Waals surface area (Å²) in [4.78, 5) is 15.7. The fraction of sp³-hybridized carbons (Fsp3) is 0.385. The summed E-state index contributed by atoms with van der Waals surface area (Å²) in [5.74, 6) is -0.195. The molecule has 0 amide bonds. The van der Waals surface area contributed by atoms with E-state index in [0.29, 0.717) is 0 Å². The van der Waals surface area contributed by atoms with E-state index < -0.39 is 17.7 Å². The highest BCUT2D eigenvalue weighted by atomic mass is 19.1. The van der Waals surface area contributed by atoms with Gasteiger partial charge < -0.3 is 4.74 Å². The van der Waals surface area contributed by atoms with Crippen LogP contribution < -0.4 is 0 Å². The first kappa shape index (κ1) is 11.8. The molecule has 3 nitrogen and oxygen atoms in total. The number of ether oxygens (including phenoxy) is 1. The first-order chi connectivity index (χ1) is 7.96. The van der Waals surface area contributed by atoms with Gasteiger partial charge in [0.15, 0.2) is 6.04 Å². The minimum absolute atomic E-state index is 0.0438. The highest BCUT2D eigenvalue weighted by Crippen LogP contribution is 2.23. The van der Waals surface area contributed by atoms with E-state index in [1.165, 1.54) is 13.8 Å². The third-order valence-electron chi connectivity index (χ3n) is 2.44. The van der Waals surface area contributed by atoms with E-state index in [1.54, 1.807) is 12.1 Å². The molecule has 0 bridgehead atoms. The van der Waals surface area contributed by atoms with E-state index in [2.05, 4.69) is 4.99 Å². The Bertz CT molecular complexity index is 448. The first-order valence-electron chi connectivity index (χ1n) is 5.49. The second kappa shape index (κ2) is 4.28. The maximum absolute atomic E-state index is 13.5. The van der Waals surface area contributed by atoms with E-state index in [4.69, 9.17) is 4.74 Å². The van der Waals surface area contributed by atoms with Gasteiger partial charge in [0.25, 0.3) is 0 Å². The molecule has 1 aromatic rings. The number of nitrogens with zero attached hydrogens (tertiary/aromatic N) is 1. The lowest BCUT2D eigenvalue weighted by molar-refractivity contribution is -0.135. The quantitative estimate of drug-likeness (QED) is 0.755. The van der Waals surface area contributed by atoms with E-state index >= 15 is 0 Å². The zero-order valence-corrected chi connectivity index (χ0v) is 9.81. The normalized spacial score (nSPS) is 20.1. The Morgan fingerprint density at radius 2 is 2.00 bits per heavy atom. The molecule has 1 heterocycles. The van der Waals surface area contributed by atoms with E-state index in [0.717, 1.165) is 5.56 Å². The van der Waals surface area contributed by atoms with Crippen LogP contribution in [0.25, 0.3) is 0 Å². The molecule has 17 heavy (non-hydrogen) atoms. The molecule has 1 aliphatic heterocycles. The van der Waals surface area contributed by atoms with Crippen LogP contribution in [0.4, 0.5) is 4.39 Å². The third-order valence-corrected chi connectivity index (χ3v) is 2.44. The Morgan fingerprint density at radius 1 is 1.35 bits per heavy atom. The van der Waals surface area contributed by atoms with Crippen molar-refractivity contribution >= 4 is 11.9 Å². The maximum Gasteiger partial charge on any atom is 0.337 e. The van der Waals surface area contributed by atoms with Crippen LogP contribution in [0.2, 0.25) is 0 Å². The van der Waals surface area contributed by atoms with Gasteiger partial charge in [-0.2, -0.15) is 0 Å². The number of hydrogen-bond acceptors (Lipinski definition) is 3. The minimum Gasteiger partial charge on any atom is -0.406 e. The zero-order valence-electron chi connectivity index (χ0n) is 9.81. The molecule has 0 radical (unpaired) electrons. The summed E-state index contributed by atoms with van der Waals surface area (Å²) in [7, 11) is 0. The molecular weight excluding hydrogens is 221 g/mol. The number of benzene rings is 1. The summed E-state index contributed by atoms with van der Waals surface area (Å²) >= 11 is 0. The molecular formula is C13H14FNO2. The fourth-order valence-electron chi connectivity index (χ4n) is 1.69. The van der Waals surface area contributed by atoms with E-state index in [9.17, 15) is 9.18 Å². The Morgan fingerprint density at radius 3 is 2.59 bits per heavy atom. The van der Waals surface area contributed by atoms with Crippen molar-refractivity contribution < 1.29 is 13.9 Å². The topological polar surface area (TPSA) is 38.7 Å². The largest absolute Gasteiger partial charge is 0.406 e. The summed E-state index contributed by atoms with van der Waals surface area (Å²) in [5.41, 5.74) is -0.695. The first-order valence-corrected chi connectivity index (χ1v) is 5.49. The van der Waals surface area contributed by atoms with Crippen molar-refractivity contribution in [1.82, 2.24) is 0 Å². The Balaban J connectivity index is 2.18. The van der Waals surface area contributed by atoms with Crippen molar-refractivity contribution in [2.45, 2.75) is 32.0 Å². The molecule has 2 rings (SSSR count). The minimum atomic E-state index is -1.43. The van der Waals surface area contributed by atoms with Crippen molar-refractivity contribution in [3.8, 4) is 0 Å². The molecule has 90 valence electrons. The molecule has 0 aromatic heterocycles. The van der Waals surface area contributed by atoms with Gasteiger partial charge >= 0.3 is 5.97 Å². The Labute approximate surface area is 99.3 Å². The molecule has 0 N–H and O–H groups in total. The molecule has 0 saturated heterocycles. The lowest BCUT2D eigenvalue weighted by Crippen LogP contribution is -2.25. The van der Waals surface area contributed by atoms with Crippen LogP contribution in [-0.2, 0) is 9.53 Å². The monoisotopic (exact) mass is 235 g/mol. The summed E-state index contributed by atoms with van der Waals surface area (Å²) < 4.78 is 18.5. The van der Waals surface area contributed by atoms with Crippen LogP contribution in [0.5, 0.6) is 0 Å². The summed E-state index contributed by atoms with van der Waals surface area (Å²) in [6.45, 7) is 2.85. The van der Waals surface area contributed by atoms with Crippen LogP contribution in [0, 0.1) is 0 Å². The second-order valence-corrected chi connectivity index (χ2v) is 4.66. The zero-order chi connectivity index (χ0) is 12.5. The summed E-state index contributed by atoms with van der Waals surface area (Å²) in [5, 5.41) is 0. The standard InChI is InChI=1S/C13H14FNO2/c1-13(2,14)8-10-12(16)17-11(15-10)9-6-4-3-5-7-9/h3-7,10H,8H2,1-2H3. The molecule has 0 fully saturated rings. The summed E-state index contributed by atoms with van der Waals surface area (Å²) in [6, 6.07) is 8.40. The highest BCUT2D eigenvalue weighted by Gasteiger charge is 2.34. The van der Waals surface area contributed by atoms with E-state index in [-0.39, 0.29) is 12.3 Å². The molecule has 1 unspecified atom stereocenters. The molecule has 0 spiro atoms. The maximum atomic E-state index is 13.5. The van der Waals surface area contributed by atoms with Gasteiger partial charge in [-0.05, 0) is 26.0 Å². The van der Waals surface area contributed by atoms with Crippen LogP contribution in [0.15, 0.2) is 35.3 Å². The molecule has 1 aromatic carbocycles. The van der Waals surface area contributed by atoms with Crippen molar-refractivity contribution in [3.63, 3.8) is 0 Å². The Kier molecular flexibility index (Phi) is 2.96. The van der Waals surface area contributed by atoms with Crippen LogP contribution >= 0.6 is 0 Å². The molecule has 1 atom stereocenters. The Hall–Kier alpha value is -1.71. The number of hydrogen-bond donors (Lipinski definition) is 0. The average molecular weight is 235 g/mol. The van der Waals surface area contributed by atoms with Crippen molar-refractivity contribution in [3.05, 3.63) is 35.9 Å². The number of rotatable bonds is 3. The fourth-order valence-corrected chi connectivity index (χ4v) is 1.69. The van der Waals surface area contributed by atoms with Gasteiger partial charge in [0.05, 0.1) is 0 Å². The van der Waals surface area contributed by atoms with Gasteiger partial charge in [0.2, 0.25) is 5.90 Å². The number of aliphatic imine (C=N–C) groups is 1.